The Labute approximate surface area is 214 Å². The van der Waals surface area contributed by atoms with E-state index >= 15 is 0 Å². The lowest BCUT2D eigenvalue weighted by molar-refractivity contribution is -0.152. The number of pyridine rings is 1. The van der Waals surface area contributed by atoms with Crippen LogP contribution in [0.3, 0.4) is 0 Å². The topological polar surface area (TPSA) is 85.7 Å². The summed E-state index contributed by atoms with van der Waals surface area (Å²) in [5.74, 6) is -2.35. The van der Waals surface area contributed by atoms with E-state index in [2.05, 4.69) is 4.98 Å². The van der Waals surface area contributed by atoms with Gasteiger partial charge in [-0.05, 0) is 48.7 Å². The number of Topliss-reactive ketones (excluding diaryl/α,β-unsaturated/α-hetero) is 1. The Hall–Kier alpha value is -3.39. The molecule has 0 bridgehead atoms. The molecule has 8 heteroatoms. The zero-order valence-electron chi connectivity index (χ0n) is 20.7. The predicted molar refractivity (Wildman–Crippen MR) is 137 cm³/mol. The smallest absolute Gasteiger partial charge is 0.309 e. The zero-order valence-corrected chi connectivity index (χ0v) is 21.5. The second-order valence-electron chi connectivity index (χ2n) is 8.43. The van der Waals surface area contributed by atoms with Crippen molar-refractivity contribution in [2.24, 2.45) is 5.92 Å². The molecule has 0 spiro atoms. The summed E-state index contributed by atoms with van der Waals surface area (Å²) in [5, 5.41) is 9.92. The molecule has 1 N–H and O–H groups in total. The van der Waals surface area contributed by atoms with Gasteiger partial charge in [0.15, 0.2) is 23.0 Å². The maximum Gasteiger partial charge on any atom is 0.309 e. The molecule has 3 atom stereocenters. The highest BCUT2D eigenvalue weighted by Crippen LogP contribution is 2.41. The monoisotopic (exact) mass is 511 g/mol. The molecule has 0 aliphatic rings. The quantitative estimate of drug-likeness (QED) is 0.187. The Balaban J connectivity index is 1.78. The van der Waals surface area contributed by atoms with E-state index in [-0.39, 0.29) is 34.7 Å². The maximum absolute atomic E-state index is 13.9. The standard InChI is InChI=1S/C28H30FNO5S/c1-5-19-16-20(29)11-12-22(19)27(36-21-9-7-6-8-10-21)18(3)35-28(33)17(2)15-23(31)25-26(32)24(34-4)13-14-30-25/h6-14,16-18,27,32H,5,15H2,1-4H3/t17-,18+,27+/m1/s1. The Morgan fingerprint density at radius 3 is 2.50 bits per heavy atom. The van der Waals surface area contributed by atoms with Crippen molar-refractivity contribution in [2.45, 2.75) is 49.9 Å². The van der Waals surface area contributed by atoms with E-state index in [9.17, 15) is 19.1 Å². The van der Waals surface area contributed by atoms with Crippen LogP contribution >= 0.6 is 11.8 Å². The van der Waals surface area contributed by atoms with E-state index in [0.717, 1.165) is 16.0 Å². The number of hydrogen-bond acceptors (Lipinski definition) is 7. The third-order valence-corrected chi connectivity index (χ3v) is 7.23. The summed E-state index contributed by atoms with van der Waals surface area (Å²) in [6.45, 7) is 5.35. The number of benzene rings is 2. The third-order valence-electron chi connectivity index (χ3n) is 5.79. The van der Waals surface area contributed by atoms with Crippen LogP contribution in [-0.4, -0.2) is 35.1 Å². The SMILES string of the molecule is CCc1cc(F)ccc1[C@@H](Sc1ccccc1)[C@H](C)OC(=O)[C@H](C)CC(=O)c1nccc(OC)c1O. The molecule has 0 radical (unpaired) electrons. The fourth-order valence-electron chi connectivity index (χ4n) is 3.84. The molecular weight excluding hydrogens is 481 g/mol. The molecule has 1 heterocycles. The molecule has 36 heavy (non-hydrogen) atoms. The first-order valence-electron chi connectivity index (χ1n) is 11.7. The summed E-state index contributed by atoms with van der Waals surface area (Å²) in [6.07, 6.45) is 1.23. The van der Waals surface area contributed by atoms with Crippen molar-refractivity contribution in [1.82, 2.24) is 4.98 Å². The van der Waals surface area contributed by atoms with Gasteiger partial charge in [0.05, 0.1) is 18.3 Å². The van der Waals surface area contributed by atoms with Crippen molar-refractivity contribution in [3.8, 4) is 11.5 Å². The number of carbonyl (C=O) groups excluding carboxylic acids is 2. The minimum absolute atomic E-state index is 0.129. The second-order valence-corrected chi connectivity index (χ2v) is 9.64. The van der Waals surface area contributed by atoms with E-state index in [1.54, 1.807) is 19.9 Å². The van der Waals surface area contributed by atoms with Gasteiger partial charge in [-0.25, -0.2) is 9.37 Å². The van der Waals surface area contributed by atoms with Crippen molar-refractivity contribution in [3.05, 3.63) is 83.4 Å². The second kappa shape index (κ2) is 12.5. The number of thioether (sulfide) groups is 1. The minimum Gasteiger partial charge on any atom is -0.503 e. The van der Waals surface area contributed by atoms with Crippen LogP contribution in [0.15, 0.2) is 65.7 Å². The summed E-state index contributed by atoms with van der Waals surface area (Å²) in [4.78, 5) is 30.6. The van der Waals surface area contributed by atoms with Gasteiger partial charge in [0, 0.05) is 23.6 Å². The molecule has 2 aromatic carbocycles. The molecule has 0 saturated heterocycles. The number of nitrogens with zero attached hydrogens (tertiary/aromatic N) is 1. The summed E-state index contributed by atoms with van der Waals surface area (Å²) in [6, 6.07) is 15.8. The van der Waals surface area contributed by atoms with Gasteiger partial charge in [-0.2, -0.15) is 0 Å². The van der Waals surface area contributed by atoms with Crippen molar-refractivity contribution in [3.63, 3.8) is 0 Å². The van der Waals surface area contributed by atoms with Crippen molar-refractivity contribution in [1.29, 1.82) is 0 Å². The first kappa shape index (κ1) is 27.2. The highest BCUT2D eigenvalue weighted by molar-refractivity contribution is 7.99. The highest BCUT2D eigenvalue weighted by Gasteiger charge is 2.29. The average Bonchev–Trinajstić information content (AvgIpc) is 2.87. The molecule has 0 unspecified atom stereocenters. The molecule has 0 aliphatic heterocycles. The fourth-order valence-corrected chi connectivity index (χ4v) is 5.05. The Kier molecular flexibility index (Phi) is 9.47. The molecule has 1 aromatic heterocycles. The molecule has 0 fully saturated rings. The molecule has 0 aliphatic carbocycles. The summed E-state index contributed by atoms with van der Waals surface area (Å²) < 4.78 is 24.8. The number of methoxy groups -OCH3 is 1. The number of halogens is 1. The molecule has 6 nitrogen and oxygen atoms in total. The predicted octanol–water partition coefficient (Wildman–Crippen LogP) is 6.17. The fraction of sp³-hybridized carbons (Fsp3) is 0.321. The number of aryl methyl sites for hydroxylation is 1. The number of ether oxygens (including phenoxy) is 2. The van der Waals surface area contributed by atoms with E-state index in [4.69, 9.17) is 9.47 Å². The Morgan fingerprint density at radius 1 is 1.11 bits per heavy atom. The normalized spacial score (nSPS) is 13.5. The van der Waals surface area contributed by atoms with Gasteiger partial charge < -0.3 is 14.6 Å². The van der Waals surface area contributed by atoms with Crippen LogP contribution in [0, 0.1) is 11.7 Å². The van der Waals surface area contributed by atoms with Crippen LogP contribution in [0.5, 0.6) is 11.5 Å². The van der Waals surface area contributed by atoms with Crippen LogP contribution in [0.1, 0.15) is 54.1 Å². The molecule has 3 aromatic rings. The number of hydrogen-bond donors (Lipinski definition) is 1. The van der Waals surface area contributed by atoms with Gasteiger partial charge in [-0.3, -0.25) is 9.59 Å². The van der Waals surface area contributed by atoms with Crippen LogP contribution in [0.4, 0.5) is 4.39 Å². The van der Waals surface area contributed by atoms with Gasteiger partial charge in [0.1, 0.15) is 11.9 Å². The molecule has 190 valence electrons. The van der Waals surface area contributed by atoms with Crippen LogP contribution < -0.4 is 4.74 Å². The Bertz CT molecular complexity index is 1200. The molecule has 3 rings (SSSR count). The first-order valence-corrected chi connectivity index (χ1v) is 12.6. The van der Waals surface area contributed by atoms with Gasteiger partial charge in [0.2, 0.25) is 0 Å². The number of ketones is 1. The lowest BCUT2D eigenvalue weighted by Crippen LogP contribution is -2.26. The van der Waals surface area contributed by atoms with Gasteiger partial charge in [0.25, 0.3) is 0 Å². The van der Waals surface area contributed by atoms with Crippen molar-refractivity contribution < 1.29 is 28.6 Å². The van der Waals surface area contributed by atoms with Crippen LogP contribution in [-0.2, 0) is 16.0 Å². The van der Waals surface area contributed by atoms with E-state index in [1.807, 2.05) is 37.3 Å². The number of aromatic nitrogens is 1. The van der Waals surface area contributed by atoms with Crippen molar-refractivity contribution in [2.75, 3.05) is 7.11 Å². The first-order chi connectivity index (χ1) is 17.2. The average molecular weight is 512 g/mol. The molecule has 0 saturated carbocycles. The number of esters is 1. The third kappa shape index (κ3) is 6.63. The zero-order chi connectivity index (χ0) is 26.2. The summed E-state index contributed by atoms with van der Waals surface area (Å²) in [7, 11) is 1.37. The van der Waals surface area contributed by atoms with E-state index in [0.29, 0.717) is 6.42 Å². The molecular formula is C28H30FNO5S. The van der Waals surface area contributed by atoms with Gasteiger partial charge >= 0.3 is 5.97 Å². The van der Waals surface area contributed by atoms with Crippen molar-refractivity contribution >= 4 is 23.5 Å². The van der Waals surface area contributed by atoms with E-state index in [1.165, 1.54) is 43.3 Å². The minimum atomic E-state index is -0.770. The number of carbonyl (C=O) groups is 2. The van der Waals surface area contributed by atoms with Gasteiger partial charge in [-0.15, -0.1) is 11.8 Å². The maximum atomic E-state index is 13.9. The lowest BCUT2D eigenvalue weighted by atomic mass is 9.99. The summed E-state index contributed by atoms with van der Waals surface area (Å²) >= 11 is 1.53. The highest BCUT2D eigenvalue weighted by atomic mass is 32.2. The number of aromatic hydroxyl groups is 1. The summed E-state index contributed by atoms with van der Waals surface area (Å²) in [5.41, 5.74) is 1.58. The lowest BCUT2D eigenvalue weighted by Gasteiger charge is -2.27. The molecule has 0 amide bonds. The number of rotatable bonds is 11. The Morgan fingerprint density at radius 2 is 1.83 bits per heavy atom. The van der Waals surface area contributed by atoms with Crippen LogP contribution in [0.25, 0.3) is 0 Å². The van der Waals surface area contributed by atoms with E-state index < -0.39 is 23.8 Å². The van der Waals surface area contributed by atoms with Crippen LogP contribution in [0.2, 0.25) is 0 Å². The van der Waals surface area contributed by atoms with Gasteiger partial charge in [-0.1, -0.05) is 38.1 Å². The largest absolute Gasteiger partial charge is 0.503 e.